The van der Waals surface area contributed by atoms with Gasteiger partial charge in [-0.3, -0.25) is 4.79 Å². The minimum atomic E-state index is 0.173. The molecule has 1 aromatic carbocycles. The van der Waals surface area contributed by atoms with Crippen molar-refractivity contribution < 1.29 is 14.6 Å². The molecule has 0 fully saturated rings. The number of phenolic OH excluding ortho intramolecular Hbond substituents is 1. The number of carbonyl (C=O) groups is 1. The van der Waals surface area contributed by atoms with Crippen LogP contribution in [0.1, 0.15) is 83.6 Å². The van der Waals surface area contributed by atoms with Crippen LogP contribution in [0.5, 0.6) is 11.5 Å². The minimum Gasteiger partial charge on any atom is -0.504 e. The zero-order valence-electron chi connectivity index (χ0n) is 16.6. The lowest BCUT2D eigenvalue weighted by Gasteiger charge is -2.07. The maximum absolute atomic E-state index is 11.9. The van der Waals surface area contributed by atoms with E-state index in [-0.39, 0.29) is 11.5 Å². The largest absolute Gasteiger partial charge is 0.504 e. The van der Waals surface area contributed by atoms with Gasteiger partial charge in [-0.1, -0.05) is 64.0 Å². The van der Waals surface area contributed by atoms with Crippen LogP contribution in [0.25, 0.3) is 0 Å². The van der Waals surface area contributed by atoms with Crippen LogP contribution in [0.4, 0.5) is 0 Å². The van der Waals surface area contributed by atoms with Gasteiger partial charge < -0.3 is 9.84 Å². The van der Waals surface area contributed by atoms with E-state index in [1.807, 2.05) is 25.1 Å². The maximum Gasteiger partial charge on any atom is 0.161 e. The third-order valence-electron chi connectivity index (χ3n) is 4.50. The predicted octanol–water partition coefficient (Wildman–Crippen LogP) is 6.38. The van der Waals surface area contributed by atoms with E-state index in [4.69, 9.17) is 4.74 Å². The summed E-state index contributed by atoms with van der Waals surface area (Å²) < 4.78 is 5.39. The molecule has 0 aliphatic rings. The number of aromatic hydroxyl groups is 1. The Morgan fingerprint density at radius 1 is 1.04 bits per heavy atom. The van der Waals surface area contributed by atoms with E-state index in [1.54, 1.807) is 12.1 Å². The van der Waals surface area contributed by atoms with Gasteiger partial charge in [-0.05, 0) is 50.0 Å². The molecule has 146 valence electrons. The number of unbranched alkanes of at least 4 members (excludes halogenated alkanes) is 7. The predicted molar refractivity (Wildman–Crippen MR) is 109 cm³/mol. The van der Waals surface area contributed by atoms with Gasteiger partial charge in [0.25, 0.3) is 0 Å². The van der Waals surface area contributed by atoms with Crippen molar-refractivity contribution in [3.05, 3.63) is 35.9 Å². The fourth-order valence-corrected chi connectivity index (χ4v) is 2.97. The van der Waals surface area contributed by atoms with Gasteiger partial charge in [0.05, 0.1) is 6.61 Å². The Morgan fingerprint density at radius 2 is 1.73 bits per heavy atom. The molecule has 0 bridgehead atoms. The summed E-state index contributed by atoms with van der Waals surface area (Å²) in [5, 5.41) is 9.70. The molecule has 0 amide bonds. The van der Waals surface area contributed by atoms with E-state index >= 15 is 0 Å². The van der Waals surface area contributed by atoms with Crippen molar-refractivity contribution in [2.45, 2.75) is 84.5 Å². The van der Waals surface area contributed by atoms with Crippen LogP contribution in [0.2, 0.25) is 0 Å². The van der Waals surface area contributed by atoms with Crippen LogP contribution in [-0.2, 0) is 11.2 Å². The summed E-state index contributed by atoms with van der Waals surface area (Å²) in [5.74, 6) is 0.933. The fraction of sp³-hybridized carbons (Fsp3) is 0.609. The quantitative estimate of drug-likeness (QED) is 0.291. The van der Waals surface area contributed by atoms with Gasteiger partial charge >= 0.3 is 0 Å². The third-order valence-corrected chi connectivity index (χ3v) is 4.50. The maximum atomic E-state index is 11.9. The summed E-state index contributed by atoms with van der Waals surface area (Å²) in [6.45, 7) is 4.67. The molecular formula is C23H36O3. The summed E-state index contributed by atoms with van der Waals surface area (Å²) >= 11 is 0. The van der Waals surface area contributed by atoms with Gasteiger partial charge in [-0.2, -0.15) is 0 Å². The molecule has 0 aliphatic heterocycles. The average Bonchev–Trinajstić information content (AvgIpc) is 2.63. The van der Waals surface area contributed by atoms with Crippen molar-refractivity contribution in [2.75, 3.05) is 6.61 Å². The van der Waals surface area contributed by atoms with Crippen LogP contribution < -0.4 is 4.74 Å². The second kappa shape index (κ2) is 14.4. The highest BCUT2D eigenvalue weighted by Gasteiger charge is 2.03. The Kier molecular flexibility index (Phi) is 12.3. The fourth-order valence-electron chi connectivity index (χ4n) is 2.97. The first-order chi connectivity index (χ1) is 12.7. The van der Waals surface area contributed by atoms with Gasteiger partial charge in [-0.25, -0.2) is 0 Å². The van der Waals surface area contributed by atoms with E-state index in [1.165, 1.54) is 44.9 Å². The minimum absolute atomic E-state index is 0.173. The summed E-state index contributed by atoms with van der Waals surface area (Å²) in [6, 6.07) is 5.43. The smallest absolute Gasteiger partial charge is 0.161 e. The van der Waals surface area contributed by atoms with Crippen LogP contribution in [-0.4, -0.2) is 17.5 Å². The van der Waals surface area contributed by atoms with Crippen molar-refractivity contribution in [1.82, 2.24) is 0 Å². The van der Waals surface area contributed by atoms with Crippen LogP contribution in [0.15, 0.2) is 30.4 Å². The van der Waals surface area contributed by atoms with Crippen molar-refractivity contribution in [3.63, 3.8) is 0 Å². The first kappa shape index (κ1) is 22.3. The summed E-state index contributed by atoms with van der Waals surface area (Å²) in [7, 11) is 0. The zero-order chi connectivity index (χ0) is 19.0. The highest BCUT2D eigenvalue weighted by molar-refractivity contribution is 5.89. The van der Waals surface area contributed by atoms with Crippen LogP contribution >= 0.6 is 0 Å². The number of rotatable bonds is 15. The normalized spacial score (nSPS) is 11.2. The zero-order valence-corrected chi connectivity index (χ0v) is 16.6. The number of aryl methyl sites for hydroxylation is 1. The second-order valence-corrected chi connectivity index (χ2v) is 6.87. The molecule has 0 spiro atoms. The number of hydrogen-bond donors (Lipinski definition) is 1. The number of phenols is 1. The summed E-state index contributed by atoms with van der Waals surface area (Å²) in [6.07, 6.45) is 16.1. The third kappa shape index (κ3) is 10.3. The van der Waals surface area contributed by atoms with E-state index in [0.29, 0.717) is 18.8 Å². The lowest BCUT2D eigenvalue weighted by atomic mass is 10.1. The standard InChI is InChI=1S/C23H36O3/c1-3-5-6-7-8-9-10-11-15-21(24)16-13-12-14-20-17-18-22(25)23(19-20)26-4-2/h13,16-19,25H,3-12,14-15H2,1-2H3. The molecule has 0 heterocycles. The van der Waals surface area contributed by atoms with Crippen molar-refractivity contribution in [3.8, 4) is 11.5 Å². The number of allylic oxidation sites excluding steroid dienone is 2. The topological polar surface area (TPSA) is 46.5 Å². The average molecular weight is 361 g/mol. The first-order valence-electron chi connectivity index (χ1n) is 10.3. The second-order valence-electron chi connectivity index (χ2n) is 6.87. The van der Waals surface area contributed by atoms with Crippen molar-refractivity contribution >= 4 is 5.78 Å². The lowest BCUT2D eigenvalue weighted by molar-refractivity contribution is -0.114. The number of ether oxygens (including phenoxy) is 1. The molecule has 0 radical (unpaired) electrons. The van der Waals surface area contributed by atoms with Crippen LogP contribution in [0.3, 0.4) is 0 Å². The molecule has 0 unspecified atom stereocenters. The number of carbonyl (C=O) groups excluding carboxylic acids is 1. The van der Waals surface area contributed by atoms with Gasteiger partial charge in [-0.15, -0.1) is 0 Å². The molecule has 1 N–H and O–H groups in total. The van der Waals surface area contributed by atoms with E-state index in [0.717, 1.165) is 24.8 Å². The number of ketones is 1. The van der Waals surface area contributed by atoms with Gasteiger partial charge in [0.15, 0.2) is 17.3 Å². The van der Waals surface area contributed by atoms with E-state index < -0.39 is 0 Å². The van der Waals surface area contributed by atoms with Crippen molar-refractivity contribution in [1.29, 1.82) is 0 Å². The Bertz CT molecular complexity index is 534. The molecular weight excluding hydrogens is 324 g/mol. The Labute approximate surface area is 159 Å². The molecule has 1 aromatic rings. The molecule has 26 heavy (non-hydrogen) atoms. The molecule has 0 atom stereocenters. The molecule has 0 aliphatic carbocycles. The highest BCUT2D eigenvalue weighted by Crippen LogP contribution is 2.27. The SMILES string of the molecule is CCCCCCCCCCC(=O)C=CCCc1ccc(O)c(OCC)c1. The Morgan fingerprint density at radius 3 is 2.42 bits per heavy atom. The Balaban J connectivity index is 2.14. The van der Waals surface area contributed by atoms with Gasteiger partial charge in [0.1, 0.15) is 0 Å². The molecule has 0 saturated carbocycles. The Hall–Kier alpha value is -1.77. The van der Waals surface area contributed by atoms with Crippen LogP contribution in [0, 0.1) is 0 Å². The number of benzene rings is 1. The monoisotopic (exact) mass is 360 g/mol. The van der Waals surface area contributed by atoms with E-state index in [2.05, 4.69) is 6.92 Å². The molecule has 0 saturated heterocycles. The molecule has 0 aromatic heterocycles. The van der Waals surface area contributed by atoms with Crippen molar-refractivity contribution in [2.24, 2.45) is 0 Å². The van der Waals surface area contributed by atoms with E-state index in [9.17, 15) is 9.90 Å². The molecule has 3 nitrogen and oxygen atoms in total. The van der Waals surface area contributed by atoms with Gasteiger partial charge in [0, 0.05) is 6.42 Å². The van der Waals surface area contributed by atoms with Gasteiger partial charge in [0.2, 0.25) is 0 Å². The molecule has 1 rings (SSSR count). The summed E-state index contributed by atoms with van der Waals surface area (Å²) in [5.41, 5.74) is 1.10. The highest BCUT2D eigenvalue weighted by atomic mass is 16.5. The molecule has 3 heteroatoms. The number of hydrogen-bond acceptors (Lipinski definition) is 3. The lowest BCUT2D eigenvalue weighted by Crippen LogP contribution is -1.94. The first-order valence-corrected chi connectivity index (χ1v) is 10.3. The summed E-state index contributed by atoms with van der Waals surface area (Å²) in [4.78, 5) is 11.9.